The van der Waals surface area contributed by atoms with Crippen LogP contribution in [0.1, 0.15) is 26.3 Å². The molecule has 0 aliphatic carbocycles. The summed E-state index contributed by atoms with van der Waals surface area (Å²) in [6.45, 7) is 8.34. The van der Waals surface area contributed by atoms with Gasteiger partial charge < -0.3 is 19.3 Å². The Balaban J connectivity index is 1.69. The van der Waals surface area contributed by atoms with E-state index >= 15 is 0 Å². The van der Waals surface area contributed by atoms with E-state index in [2.05, 4.69) is 15.6 Å². The molecule has 172 valence electrons. The van der Waals surface area contributed by atoms with Crippen molar-refractivity contribution in [2.24, 2.45) is 17.8 Å². The maximum Gasteiger partial charge on any atom is 0.416 e. The van der Waals surface area contributed by atoms with E-state index in [4.69, 9.17) is 14.2 Å². The molecule has 9 heteroatoms. The number of ether oxygens (including phenoxy) is 3. The van der Waals surface area contributed by atoms with E-state index in [-0.39, 0.29) is 36.6 Å². The molecule has 0 saturated carbocycles. The van der Waals surface area contributed by atoms with Crippen molar-refractivity contribution in [3.05, 3.63) is 35.9 Å². The monoisotopic (exact) mass is 469 g/mol. The van der Waals surface area contributed by atoms with Gasteiger partial charge in [0, 0.05) is 11.8 Å². The lowest BCUT2D eigenvalue weighted by Gasteiger charge is -2.41. The fourth-order valence-electron chi connectivity index (χ4n) is 4.27. The number of carbonyl (C=O) groups is 2. The summed E-state index contributed by atoms with van der Waals surface area (Å²) in [4.78, 5) is 26.8. The van der Waals surface area contributed by atoms with Crippen molar-refractivity contribution in [3.63, 3.8) is 0 Å². The first-order chi connectivity index (χ1) is 14.7. The number of benzene rings is 1. The average molecular weight is 469 g/mol. The molecule has 2 amide bonds. The summed E-state index contributed by atoms with van der Waals surface area (Å²) in [7, 11) is 2.21. The molecule has 9 atom stereocenters. The van der Waals surface area contributed by atoms with Gasteiger partial charge in [0.05, 0.1) is 30.8 Å². The highest BCUT2D eigenvalue weighted by Gasteiger charge is 2.44. The van der Waals surface area contributed by atoms with Crippen molar-refractivity contribution >= 4 is 28.5 Å². The van der Waals surface area contributed by atoms with Crippen LogP contribution in [0.2, 0.25) is 0 Å². The third-order valence-electron chi connectivity index (χ3n) is 6.14. The van der Waals surface area contributed by atoms with Crippen molar-refractivity contribution < 1.29 is 28.9 Å². The minimum atomic E-state index is -0.961. The third kappa shape index (κ3) is 5.64. The number of cyclic esters (lactones) is 1. The molecule has 4 unspecified atom stereocenters. The average Bonchev–Trinajstić information content (AvgIpc) is 3.12. The predicted octanol–water partition coefficient (Wildman–Crippen LogP) is 3.45. The second-order valence-electron chi connectivity index (χ2n) is 8.65. The summed E-state index contributed by atoms with van der Waals surface area (Å²) >= 11 is 0. The highest BCUT2D eigenvalue weighted by Crippen LogP contribution is 2.49. The van der Waals surface area contributed by atoms with E-state index in [1.165, 1.54) is 4.90 Å². The summed E-state index contributed by atoms with van der Waals surface area (Å²) in [6.07, 6.45) is -1.32. The molecular weight excluding hydrogens is 436 g/mol. The van der Waals surface area contributed by atoms with E-state index < -0.39 is 31.6 Å². The number of aliphatic hydroxyl groups excluding tert-OH is 1. The molecule has 2 heterocycles. The first kappa shape index (κ1) is 24.5. The zero-order chi connectivity index (χ0) is 22.7. The molecule has 2 saturated heterocycles. The highest BCUT2D eigenvalue weighted by atomic mass is 32.0. The number of aliphatic hydroxyl groups is 1. The largest absolute Gasteiger partial charge is 0.447 e. The highest BCUT2D eigenvalue weighted by molar-refractivity contribution is 8.13. The number of carbonyl (C=O) groups excluding carboxylic acids is 2. The number of hydrogen-bond donors (Lipinski definition) is 1. The lowest BCUT2D eigenvalue weighted by atomic mass is 9.83. The molecule has 2 aliphatic rings. The second kappa shape index (κ2) is 10.7. The summed E-state index contributed by atoms with van der Waals surface area (Å²) in [5, 5.41) is 11.1. The Bertz CT molecular complexity index is 764. The molecule has 0 spiro atoms. The van der Waals surface area contributed by atoms with Crippen molar-refractivity contribution in [2.45, 2.75) is 51.5 Å². The Hall–Kier alpha value is -1.10. The number of hydrogen-bond acceptors (Lipinski definition) is 6. The minimum Gasteiger partial charge on any atom is -0.447 e. The fourth-order valence-corrected chi connectivity index (χ4v) is 5.40. The van der Waals surface area contributed by atoms with E-state index in [1.807, 2.05) is 44.2 Å². The van der Waals surface area contributed by atoms with Crippen LogP contribution in [0, 0.1) is 17.8 Å². The fraction of sp³-hybridized carbons (Fsp3) is 0.636. The standard InChI is InChI=1S/C22H33NO6P2/c1-13-11-28-22(31(4)30)29-19(13)14(2)18(24)15(3)20(25)23-17(12-27-21(23)26)10-16-8-6-5-7-9-16/h5-9,13-15,17-19,22,24H,10-12,30H2,1-4H3/t13-,14-,15+,17+,18-,19?,22?,31?/m0/s1. The molecule has 1 aromatic rings. The molecule has 1 N–H and O–H groups in total. The molecule has 3 rings (SSSR count). The van der Waals surface area contributed by atoms with Crippen LogP contribution >= 0.6 is 16.5 Å². The lowest BCUT2D eigenvalue weighted by molar-refractivity contribution is -0.214. The SMILES string of the molecule is C[C@H](C1OC(P(C)P)OC[C@@H]1C)[C@H](O)[C@@H](C)C(=O)N1C(=O)OC[C@H]1Cc1ccccc1. The summed E-state index contributed by atoms with van der Waals surface area (Å²) in [6, 6.07) is 9.01. The second-order valence-corrected chi connectivity index (χ2v) is 12.8. The minimum absolute atomic E-state index is 0.0886. The first-order valence-corrected chi connectivity index (χ1v) is 14.1. The van der Waals surface area contributed by atoms with Gasteiger partial charge in [-0.1, -0.05) is 51.1 Å². The van der Waals surface area contributed by atoms with Gasteiger partial charge in [0.2, 0.25) is 5.91 Å². The van der Waals surface area contributed by atoms with Crippen LogP contribution in [0.4, 0.5) is 4.79 Å². The van der Waals surface area contributed by atoms with Crippen LogP contribution < -0.4 is 0 Å². The summed E-state index contributed by atoms with van der Waals surface area (Å²) < 4.78 is 17.1. The van der Waals surface area contributed by atoms with Crippen LogP contribution in [-0.2, 0) is 25.4 Å². The Kier molecular flexibility index (Phi) is 8.45. The van der Waals surface area contributed by atoms with Crippen molar-refractivity contribution in [2.75, 3.05) is 19.9 Å². The van der Waals surface area contributed by atoms with Gasteiger partial charge in [0.1, 0.15) is 6.61 Å². The maximum absolute atomic E-state index is 13.2. The van der Waals surface area contributed by atoms with Gasteiger partial charge in [0.15, 0.2) is 6.03 Å². The number of imide groups is 1. The van der Waals surface area contributed by atoms with Gasteiger partial charge >= 0.3 is 6.09 Å². The van der Waals surface area contributed by atoms with Crippen molar-refractivity contribution in [3.8, 4) is 0 Å². The molecule has 2 aliphatic heterocycles. The summed E-state index contributed by atoms with van der Waals surface area (Å²) in [5.74, 6) is -1.39. The zero-order valence-electron chi connectivity index (χ0n) is 18.5. The van der Waals surface area contributed by atoms with E-state index in [1.54, 1.807) is 6.92 Å². The van der Waals surface area contributed by atoms with Crippen LogP contribution in [0.5, 0.6) is 0 Å². The predicted molar refractivity (Wildman–Crippen MR) is 123 cm³/mol. The van der Waals surface area contributed by atoms with Gasteiger partial charge in [-0.15, -0.1) is 8.93 Å². The first-order valence-electron chi connectivity index (χ1n) is 10.7. The Morgan fingerprint density at radius 1 is 1.29 bits per heavy atom. The van der Waals surface area contributed by atoms with Crippen LogP contribution in [0.15, 0.2) is 30.3 Å². The quantitative estimate of drug-likeness (QED) is 0.616. The Morgan fingerprint density at radius 3 is 2.61 bits per heavy atom. The maximum atomic E-state index is 13.2. The van der Waals surface area contributed by atoms with E-state index in [0.29, 0.717) is 13.0 Å². The van der Waals surface area contributed by atoms with Crippen molar-refractivity contribution in [1.29, 1.82) is 0 Å². The Labute approximate surface area is 187 Å². The smallest absolute Gasteiger partial charge is 0.416 e. The third-order valence-corrected chi connectivity index (χ3v) is 7.81. The summed E-state index contributed by atoms with van der Waals surface area (Å²) in [5.41, 5.74) is 1.02. The zero-order valence-corrected chi connectivity index (χ0v) is 20.6. The van der Waals surface area contributed by atoms with Gasteiger partial charge in [-0.3, -0.25) is 4.79 Å². The van der Waals surface area contributed by atoms with Crippen LogP contribution in [0.3, 0.4) is 0 Å². The molecule has 0 bridgehead atoms. The normalized spacial score (nSPS) is 30.4. The lowest BCUT2D eigenvalue weighted by Crippen LogP contribution is -2.50. The van der Waals surface area contributed by atoms with E-state index in [0.717, 1.165) is 5.56 Å². The molecule has 31 heavy (non-hydrogen) atoms. The van der Waals surface area contributed by atoms with Crippen molar-refractivity contribution in [1.82, 2.24) is 4.90 Å². The molecule has 0 aromatic heterocycles. The molecule has 2 fully saturated rings. The van der Waals surface area contributed by atoms with Crippen LogP contribution in [-0.4, -0.2) is 66.2 Å². The van der Waals surface area contributed by atoms with Gasteiger partial charge in [0.25, 0.3) is 0 Å². The Morgan fingerprint density at radius 2 is 1.97 bits per heavy atom. The number of rotatable bonds is 7. The van der Waals surface area contributed by atoms with Gasteiger partial charge in [-0.05, 0) is 26.3 Å². The molecule has 7 nitrogen and oxygen atoms in total. The molecule has 1 aromatic carbocycles. The van der Waals surface area contributed by atoms with Gasteiger partial charge in [-0.25, -0.2) is 9.69 Å². The van der Waals surface area contributed by atoms with Crippen LogP contribution in [0.25, 0.3) is 0 Å². The topological polar surface area (TPSA) is 85.3 Å². The number of amides is 2. The number of nitrogens with zero attached hydrogens (tertiary/aromatic N) is 1. The molecular formula is C22H33NO6P2. The van der Waals surface area contributed by atoms with Gasteiger partial charge in [-0.2, -0.15) is 0 Å². The molecule has 0 radical (unpaired) electrons. The van der Waals surface area contributed by atoms with E-state index in [9.17, 15) is 14.7 Å².